The van der Waals surface area contributed by atoms with E-state index in [9.17, 15) is 4.79 Å². The van der Waals surface area contributed by atoms with Crippen molar-refractivity contribution < 1.29 is 14.6 Å². The van der Waals surface area contributed by atoms with Gasteiger partial charge in [-0.15, -0.1) is 0 Å². The zero-order chi connectivity index (χ0) is 12.4. The van der Waals surface area contributed by atoms with Gasteiger partial charge in [-0.05, 0) is 13.0 Å². The number of hydrogen-bond acceptors (Lipinski definition) is 3. The molecule has 5 nitrogen and oxygen atoms in total. The Morgan fingerprint density at radius 1 is 1.76 bits per heavy atom. The number of hydrogen-bond donors (Lipinski definition) is 2. The number of carbonyl (C=O) groups is 1. The molecule has 2 heterocycles. The van der Waals surface area contributed by atoms with Gasteiger partial charge in [-0.25, -0.2) is 4.79 Å². The summed E-state index contributed by atoms with van der Waals surface area (Å²) in [5.41, 5.74) is 0.972. The third kappa shape index (κ3) is 2.62. The number of nitrogens with one attached hydrogen (secondary N) is 1. The van der Waals surface area contributed by atoms with E-state index < -0.39 is 5.97 Å². The molecule has 2 N–H and O–H groups in total. The molecule has 1 atom stereocenters. The van der Waals surface area contributed by atoms with Crippen molar-refractivity contribution in [3.63, 3.8) is 0 Å². The highest BCUT2D eigenvalue weighted by Crippen LogP contribution is 2.21. The van der Waals surface area contributed by atoms with Gasteiger partial charge in [0.25, 0.3) is 0 Å². The SMILES string of the molecule is Cc1c(Cl)cc(C(=O)O)n1CC1CNCCO1. The van der Waals surface area contributed by atoms with Crippen molar-refractivity contribution in [2.24, 2.45) is 0 Å². The zero-order valence-electron chi connectivity index (χ0n) is 9.57. The normalized spacial score (nSPS) is 20.5. The molecule has 1 aromatic heterocycles. The summed E-state index contributed by atoms with van der Waals surface area (Å²) >= 11 is 5.96. The van der Waals surface area contributed by atoms with Crippen molar-refractivity contribution in [2.75, 3.05) is 19.7 Å². The Labute approximate surface area is 104 Å². The van der Waals surface area contributed by atoms with Crippen molar-refractivity contribution in [3.05, 3.63) is 22.5 Å². The predicted molar refractivity (Wildman–Crippen MR) is 63.7 cm³/mol. The Kier molecular flexibility index (Phi) is 3.71. The molecule has 0 bridgehead atoms. The molecule has 1 saturated heterocycles. The second kappa shape index (κ2) is 5.08. The highest BCUT2D eigenvalue weighted by Gasteiger charge is 2.20. The van der Waals surface area contributed by atoms with Gasteiger partial charge in [0.15, 0.2) is 0 Å². The van der Waals surface area contributed by atoms with Gasteiger partial charge in [0.05, 0.1) is 24.3 Å². The van der Waals surface area contributed by atoms with Crippen LogP contribution in [-0.2, 0) is 11.3 Å². The number of morpholine rings is 1. The molecule has 0 saturated carbocycles. The molecule has 1 fully saturated rings. The molecule has 1 unspecified atom stereocenters. The van der Waals surface area contributed by atoms with Gasteiger partial charge in [-0.3, -0.25) is 0 Å². The maximum atomic E-state index is 11.1. The number of aromatic carboxylic acids is 1. The fourth-order valence-electron chi connectivity index (χ4n) is 1.97. The third-order valence-electron chi connectivity index (χ3n) is 2.91. The second-order valence-corrected chi connectivity index (χ2v) is 4.48. The predicted octanol–water partition coefficient (Wildman–Crippen LogP) is 1.14. The smallest absolute Gasteiger partial charge is 0.352 e. The average molecular weight is 259 g/mol. The topological polar surface area (TPSA) is 63.5 Å². The molecular weight excluding hydrogens is 244 g/mol. The molecule has 1 aromatic rings. The maximum Gasteiger partial charge on any atom is 0.352 e. The van der Waals surface area contributed by atoms with E-state index in [-0.39, 0.29) is 11.8 Å². The summed E-state index contributed by atoms with van der Waals surface area (Å²) < 4.78 is 7.26. The van der Waals surface area contributed by atoms with Crippen molar-refractivity contribution in [3.8, 4) is 0 Å². The first kappa shape index (κ1) is 12.4. The number of halogens is 1. The summed E-state index contributed by atoms with van der Waals surface area (Å²) in [5.74, 6) is -0.969. The summed E-state index contributed by atoms with van der Waals surface area (Å²) in [4.78, 5) is 11.1. The summed E-state index contributed by atoms with van der Waals surface area (Å²) in [5, 5.41) is 12.8. The monoisotopic (exact) mass is 258 g/mol. The highest BCUT2D eigenvalue weighted by molar-refractivity contribution is 6.31. The van der Waals surface area contributed by atoms with Crippen molar-refractivity contribution in [1.82, 2.24) is 9.88 Å². The molecule has 0 aliphatic carbocycles. The number of nitrogens with zero attached hydrogens (tertiary/aromatic N) is 1. The van der Waals surface area contributed by atoms with Gasteiger partial charge in [-0.2, -0.15) is 0 Å². The molecule has 6 heteroatoms. The maximum absolute atomic E-state index is 11.1. The molecule has 17 heavy (non-hydrogen) atoms. The van der Waals surface area contributed by atoms with E-state index in [1.807, 2.05) is 6.92 Å². The quantitative estimate of drug-likeness (QED) is 0.853. The number of rotatable bonds is 3. The van der Waals surface area contributed by atoms with Crippen molar-refractivity contribution in [2.45, 2.75) is 19.6 Å². The molecule has 1 aliphatic rings. The zero-order valence-corrected chi connectivity index (χ0v) is 10.3. The summed E-state index contributed by atoms with van der Waals surface area (Å²) in [6, 6.07) is 1.48. The lowest BCUT2D eigenvalue weighted by Crippen LogP contribution is -2.41. The van der Waals surface area contributed by atoms with Gasteiger partial charge in [0, 0.05) is 18.8 Å². The van der Waals surface area contributed by atoms with Gasteiger partial charge in [0.2, 0.25) is 0 Å². The fraction of sp³-hybridized carbons (Fsp3) is 0.545. The van der Waals surface area contributed by atoms with E-state index >= 15 is 0 Å². The van der Waals surface area contributed by atoms with Crippen molar-refractivity contribution >= 4 is 17.6 Å². The Morgan fingerprint density at radius 3 is 3.12 bits per heavy atom. The minimum atomic E-state index is -0.969. The van der Waals surface area contributed by atoms with Crippen LogP contribution >= 0.6 is 11.6 Å². The largest absolute Gasteiger partial charge is 0.477 e. The van der Waals surface area contributed by atoms with Crippen LogP contribution in [0, 0.1) is 6.92 Å². The number of aromatic nitrogens is 1. The minimum Gasteiger partial charge on any atom is -0.477 e. The van der Waals surface area contributed by atoms with Crippen LogP contribution in [0.15, 0.2) is 6.07 Å². The highest BCUT2D eigenvalue weighted by atomic mass is 35.5. The van der Waals surface area contributed by atoms with Gasteiger partial charge in [0.1, 0.15) is 5.69 Å². The van der Waals surface area contributed by atoms with E-state index in [1.54, 1.807) is 4.57 Å². The van der Waals surface area contributed by atoms with Crippen LogP contribution in [0.1, 0.15) is 16.2 Å². The lowest BCUT2D eigenvalue weighted by Gasteiger charge is -2.25. The van der Waals surface area contributed by atoms with Crippen molar-refractivity contribution in [1.29, 1.82) is 0 Å². The molecular formula is C11H15ClN2O3. The third-order valence-corrected chi connectivity index (χ3v) is 3.30. The van der Waals surface area contributed by atoms with E-state index in [2.05, 4.69) is 5.32 Å². The molecule has 0 spiro atoms. The summed E-state index contributed by atoms with van der Waals surface area (Å²) in [7, 11) is 0. The molecule has 0 amide bonds. The second-order valence-electron chi connectivity index (χ2n) is 4.08. The Balaban J connectivity index is 2.21. The van der Waals surface area contributed by atoms with Gasteiger partial charge in [-0.1, -0.05) is 11.6 Å². The first-order valence-electron chi connectivity index (χ1n) is 5.51. The minimum absolute atomic E-state index is 0.0102. The van der Waals surface area contributed by atoms with Crippen LogP contribution in [0.25, 0.3) is 0 Å². The molecule has 0 aromatic carbocycles. The summed E-state index contributed by atoms with van der Waals surface area (Å²) in [6.45, 7) is 4.54. The Morgan fingerprint density at radius 2 is 2.53 bits per heavy atom. The van der Waals surface area contributed by atoms with E-state index in [0.717, 1.165) is 18.8 Å². The van der Waals surface area contributed by atoms with Crippen LogP contribution in [-0.4, -0.2) is 41.4 Å². The van der Waals surface area contributed by atoms with Crippen LogP contribution in [0.2, 0.25) is 5.02 Å². The molecule has 0 radical (unpaired) electrons. The number of carboxylic acids is 1. The standard InChI is InChI=1S/C11H15ClN2O3/c1-7-9(12)4-10(11(15)16)14(7)6-8-5-13-2-3-17-8/h4,8,13H,2-3,5-6H2,1H3,(H,15,16). The van der Waals surface area contributed by atoms with Crippen LogP contribution in [0.3, 0.4) is 0 Å². The molecule has 2 rings (SSSR count). The first-order valence-corrected chi connectivity index (χ1v) is 5.88. The number of carboxylic acid groups (broad SMARTS) is 1. The van der Waals surface area contributed by atoms with Crippen LogP contribution in [0.5, 0.6) is 0 Å². The lowest BCUT2D eigenvalue weighted by molar-refractivity contribution is 0.0172. The van der Waals surface area contributed by atoms with Crippen LogP contribution < -0.4 is 5.32 Å². The Hall–Kier alpha value is -1.04. The van der Waals surface area contributed by atoms with Gasteiger partial charge >= 0.3 is 5.97 Å². The average Bonchev–Trinajstić information content (AvgIpc) is 2.59. The number of ether oxygens (including phenoxy) is 1. The lowest BCUT2D eigenvalue weighted by atomic mass is 10.3. The van der Waals surface area contributed by atoms with E-state index in [0.29, 0.717) is 18.2 Å². The first-order chi connectivity index (χ1) is 8.09. The molecule has 94 valence electrons. The van der Waals surface area contributed by atoms with Gasteiger partial charge < -0.3 is 19.7 Å². The van der Waals surface area contributed by atoms with E-state index in [1.165, 1.54) is 6.07 Å². The summed E-state index contributed by atoms with van der Waals surface area (Å²) in [6.07, 6.45) is -0.0102. The van der Waals surface area contributed by atoms with Crippen LogP contribution in [0.4, 0.5) is 0 Å². The fourth-order valence-corrected chi connectivity index (χ4v) is 2.17. The Bertz CT molecular complexity index is 425. The van der Waals surface area contributed by atoms with E-state index in [4.69, 9.17) is 21.4 Å². The molecule has 1 aliphatic heterocycles.